The summed E-state index contributed by atoms with van der Waals surface area (Å²) in [6, 6.07) is 12.1. The summed E-state index contributed by atoms with van der Waals surface area (Å²) in [5.74, 6) is -1.61. The summed E-state index contributed by atoms with van der Waals surface area (Å²) in [7, 11) is 0. The lowest BCUT2D eigenvalue weighted by atomic mass is 10.3. The number of benzene rings is 1. The minimum absolute atomic E-state index is 0.547. The molecule has 2 N–H and O–H groups in total. The van der Waals surface area contributed by atoms with E-state index in [-0.39, 0.29) is 0 Å². The molecule has 2 amide bonds. The third kappa shape index (κ3) is 4.02. The van der Waals surface area contributed by atoms with Crippen molar-refractivity contribution in [3.63, 3.8) is 0 Å². The number of hydrogen-bond donors (Lipinski definition) is 2. The van der Waals surface area contributed by atoms with Gasteiger partial charge in [-0.3, -0.25) is 14.6 Å². The van der Waals surface area contributed by atoms with Crippen molar-refractivity contribution >= 4 is 23.7 Å². The van der Waals surface area contributed by atoms with E-state index in [9.17, 15) is 9.59 Å². The SMILES string of the molecule is O=C(N/N=C\c1ccncc1)C(=O)Nc1ccccc1. The average Bonchev–Trinajstić information content (AvgIpc) is 2.49. The Bertz CT molecular complexity index is 612. The first kappa shape index (κ1) is 13.4. The van der Waals surface area contributed by atoms with E-state index < -0.39 is 11.8 Å². The highest BCUT2D eigenvalue weighted by Crippen LogP contribution is 2.04. The average molecular weight is 268 g/mol. The van der Waals surface area contributed by atoms with Crippen LogP contribution in [0.25, 0.3) is 0 Å². The van der Waals surface area contributed by atoms with Crippen LogP contribution in [-0.2, 0) is 9.59 Å². The first-order valence-electron chi connectivity index (χ1n) is 5.85. The maximum Gasteiger partial charge on any atom is 0.329 e. The summed E-state index contributed by atoms with van der Waals surface area (Å²) in [6.07, 6.45) is 4.63. The van der Waals surface area contributed by atoms with E-state index >= 15 is 0 Å². The molecular weight excluding hydrogens is 256 g/mol. The molecule has 0 bridgehead atoms. The Kier molecular flexibility index (Phi) is 4.55. The van der Waals surface area contributed by atoms with Crippen LogP contribution in [0.5, 0.6) is 0 Å². The van der Waals surface area contributed by atoms with Gasteiger partial charge in [0, 0.05) is 18.1 Å². The van der Waals surface area contributed by atoms with Crippen LogP contribution in [0.2, 0.25) is 0 Å². The van der Waals surface area contributed by atoms with E-state index in [0.29, 0.717) is 5.69 Å². The van der Waals surface area contributed by atoms with Gasteiger partial charge in [-0.05, 0) is 29.8 Å². The van der Waals surface area contributed by atoms with Crippen LogP contribution in [0.1, 0.15) is 5.56 Å². The smallest absolute Gasteiger partial charge is 0.318 e. The number of anilines is 1. The van der Waals surface area contributed by atoms with Gasteiger partial charge in [0.1, 0.15) is 0 Å². The molecule has 0 atom stereocenters. The molecule has 0 saturated carbocycles. The number of carbonyl (C=O) groups is 2. The first-order chi connectivity index (χ1) is 9.75. The molecule has 2 rings (SSSR count). The molecule has 0 unspecified atom stereocenters. The number of carbonyl (C=O) groups excluding carboxylic acids is 2. The number of hydrazone groups is 1. The largest absolute Gasteiger partial charge is 0.329 e. The molecule has 0 fully saturated rings. The van der Waals surface area contributed by atoms with Gasteiger partial charge < -0.3 is 5.32 Å². The third-order valence-corrected chi connectivity index (χ3v) is 2.32. The van der Waals surface area contributed by atoms with Gasteiger partial charge in [-0.1, -0.05) is 18.2 Å². The van der Waals surface area contributed by atoms with Crippen LogP contribution in [0.4, 0.5) is 5.69 Å². The minimum Gasteiger partial charge on any atom is -0.318 e. The standard InChI is InChI=1S/C14H12N4O2/c19-13(17-12-4-2-1-3-5-12)14(20)18-16-10-11-6-8-15-9-7-11/h1-10H,(H,17,19)(H,18,20)/b16-10-. The van der Waals surface area contributed by atoms with Crippen LogP contribution in [0.3, 0.4) is 0 Å². The van der Waals surface area contributed by atoms with Crippen molar-refractivity contribution in [3.05, 3.63) is 60.4 Å². The van der Waals surface area contributed by atoms with Gasteiger partial charge >= 0.3 is 11.8 Å². The van der Waals surface area contributed by atoms with Crippen LogP contribution in [0.15, 0.2) is 60.0 Å². The zero-order chi connectivity index (χ0) is 14.2. The van der Waals surface area contributed by atoms with E-state index in [1.54, 1.807) is 48.8 Å². The topological polar surface area (TPSA) is 83.5 Å². The summed E-state index contributed by atoms with van der Waals surface area (Å²) in [5, 5.41) is 6.15. The molecular formula is C14H12N4O2. The molecule has 1 heterocycles. The number of amides is 2. The third-order valence-electron chi connectivity index (χ3n) is 2.32. The molecule has 6 nitrogen and oxygen atoms in total. The monoisotopic (exact) mass is 268 g/mol. The second-order valence-corrected chi connectivity index (χ2v) is 3.80. The molecule has 20 heavy (non-hydrogen) atoms. The maximum absolute atomic E-state index is 11.5. The van der Waals surface area contributed by atoms with Crippen molar-refractivity contribution in [2.45, 2.75) is 0 Å². The van der Waals surface area contributed by atoms with E-state index in [1.807, 2.05) is 6.07 Å². The Balaban J connectivity index is 1.86. The number of nitrogens with one attached hydrogen (secondary N) is 2. The molecule has 0 radical (unpaired) electrons. The Morgan fingerprint density at radius 3 is 2.40 bits per heavy atom. The van der Waals surface area contributed by atoms with Gasteiger partial charge in [-0.15, -0.1) is 0 Å². The van der Waals surface area contributed by atoms with Crippen molar-refractivity contribution in [3.8, 4) is 0 Å². The van der Waals surface area contributed by atoms with Gasteiger partial charge in [0.15, 0.2) is 0 Å². The lowest BCUT2D eigenvalue weighted by Crippen LogP contribution is -2.32. The molecule has 0 aliphatic heterocycles. The molecule has 0 aliphatic carbocycles. The molecule has 1 aromatic carbocycles. The van der Waals surface area contributed by atoms with E-state index in [1.165, 1.54) is 6.21 Å². The fourth-order valence-electron chi connectivity index (χ4n) is 1.38. The minimum atomic E-state index is -0.834. The predicted octanol–water partition coefficient (Wildman–Crippen LogP) is 1.17. The molecule has 2 aromatic rings. The number of aromatic nitrogens is 1. The molecule has 100 valence electrons. The number of para-hydroxylation sites is 1. The zero-order valence-corrected chi connectivity index (χ0v) is 10.5. The lowest BCUT2D eigenvalue weighted by Gasteiger charge is -2.02. The van der Waals surface area contributed by atoms with Crippen molar-refractivity contribution < 1.29 is 9.59 Å². The van der Waals surface area contributed by atoms with Gasteiger partial charge in [0.2, 0.25) is 0 Å². The summed E-state index contributed by atoms with van der Waals surface area (Å²) in [5.41, 5.74) is 3.46. The van der Waals surface area contributed by atoms with Crippen LogP contribution in [0, 0.1) is 0 Å². The summed E-state index contributed by atoms with van der Waals surface area (Å²) in [6.45, 7) is 0. The fraction of sp³-hybridized carbons (Fsp3) is 0. The van der Waals surface area contributed by atoms with Gasteiger partial charge in [-0.2, -0.15) is 5.10 Å². The molecule has 6 heteroatoms. The number of hydrogen-bond acceptors (Lipinski definition) is 4. The second-order valence-electron chi connectivity index (χ2n) is 3.80. The Labute approximate surface area is 115 Å². The van der Waals surface area contributed by atoms with Crippen LogP contribution < -0.4 is 10.7 Å². The molecule has 0 spiro atoms. The van der Waals surface area contributed by atoms with Crippen molar-refractivity contribution in [1.29, 1.82) is 0 Å². The normalized spacial score (nSPS) is 10.2. The Morgan fingerprint density at radius 2 is 1.70 bits per heavy atom. The van der Waals surface area contributed by atoms with Gasteiger partial charge in [0.25, 0.3) is 0 Å². The Morgan fingerprint density at radius 1 is 1.00 bits per heavy atom. The van der Waals surface area contributed by atoms with E-state index in [4.69, 9.17) is 0 Å². The zero-order valence-electron chi connectivity index (χ0n) is 10.5. The van der Waals surface area contributed by atoms with Crippen LogP contribution >= 0.6 is 0 Å². The fourth-order valence-corrected chi connectivity index (χ4v) is 1.38. The van der Waals surface area contributed by atoms with Gasteiger partial charge in [0.05, 0.1) is 6.21 Å². The predicted molar refractivity (Wildman–Crippen MR) is 75.0 cm³/mol. The lowest BCUT2D eigenvalue weighted by molar-refractivity contribution is -0.136. The van der Waals surface area contributed by atoms with Gasteiger partial charge in [-0.25, -0.2) is 5.43 Å². The highest BCUT2D eigenvalue weighted by Gasteiger charge is 2.12. The molecule has 1 aromatic heterocycles. The molecule has 0 saturated heterocycles. The highest BCUT2D eigenvalue weighted by atomic mass is 16.2. The second kappa shape index (κ2) is 6.79. The summed E-state index contributed by atoms with van der Waals surface area (Å²) >= 11 is 0. The van der Waals surface area contributed by atoms with Crippen molar-refractivity contribution in [2.24, 2.45) is 5.10 Å². The van der Waals surface area contributed by atoms with Crippen molar-refractivity contribution in [1.82, 2.24) is 10.4 Å². The quantitative estimate of drug-likeness (QED) is 0.498. The molecule has 0 aliphatic rings. The first-order valence-corrected chi connectivity index (χ1v) is 5.85. The maximum atomic E-state index is 11.5. The van der Waals surface area contributed by atoms with E-state index in [2.05, 4.69) is 20.8 Å². The number of pyridine rings is 1. The summed E-state index contributed by atoms with van der Waals surface area (Å²) in [4.78, 5) is 26.9. The van der Waals surface area contributed by atoms with Crippen LogP contribution in [-0.4, -0.2) is 23.0 Å². The van der Waals surface area contributed by atoms with E-state index in [0.717, 1.165) is 5.56 Å². The number of rotatable bonds is 3. The Hall–Kier alpha value is -3.02. The van der Waals surface area contributed by atoms with Crippen molar-refractivity contribution in [2.75, 3.05) is 5.32 Å². The highest BCUT2D eigenvalue weighted by molar-refractivity contribution is 6.39. The number of nitrogens with zero attached hydrogens (tertiary/aromatic N) is 2. The summed E-state index contributed by atoms with van der Waals surface area (Å²) < 4.78 is 0.